The van der Waals surface area contributed by atoms with E-state index in [-0.39, 0.29) is 76.3 Å². The third-order valence-electron chi connectivity index (χ3n) is 10.2. The van der Waals surface area contributed by atoms with E-state index in [1.54, 1.807) is 6.66 Å². The highest BCUT2D eigenvalue weighted by molar-refractivity contribution is 7.97. The summed E-state index contributed by atoms with van der Waals surface area (Å²) in [6, 6.07) is 8.03. The maximum atomic E-state index is 15.4. The van der Waals surface area contributed by atoms with E-state index >= 15 is 8.78 Å². The van der Waals surface area contributed by atoms with Crippen LogP contribution in [0.3, 0.4) is 0 Å². The average molecular weight is 877 g/mol. The molecule has 4 atom stereocenters. The van der Waals surface area contributed by atoms with Crippen molar-refractivity contribution in [2.24, 2.45) is 13.0 Å². The number of aryl methyl sites for hydroxylation is 1. The lowest BCUT2D eigenvalue weighted by Crippen LogP contribution is -2.38. The maximum Gasteiger partial charge on any atom is 0.293 e. The SMILES string of the molecule is CPN(c1nn(C)c2c(-n3c([C@H](Cc4cc(F)cc(F)c4)NC(=O)Cn4nc(C(F)F)c5c4C(F)(F)[C@@H]4C[C@H]54)nc4nc(C#N)ccc4c3=O)ccc(Cl)c12)S(C)(=O)=O. The Morgan fingerprint density at radius 3 is 2.49 bits per heavy atom. The third-order valence-corrected chi connectivity index (χ3v) is 13.5. The first kappa shape index (κ1) is 40.2. The summed E-state index contributed by atoms with van der Waals surface area (Å²) in [5, 5.41) is 20.3. The van der Waals surface area contributed by atoms with Crippen LogP contribution in [0.2, 0.25) is 5.02 Å². The molecule has 4 heterocycles. The maximum absolute atomic E-state index is 15.4. The zero-order valence-electron chi connectivity index (χ0n) is 30.7. The van der Waals surface area contributed by atoms with Crippen LogP contribution in [0.1, 0.15) is 58.8 Å². The fourth-order valence-corrected chi connectivity index (χ4v) is 10.2. The minimum absolute atomic E-state index is 0.0160. The molecule has 1 saturated carbocycles. The topological polar surface area (TPSA) is 174 Å². The van der Waals surface area contributed by atoms with E-state index in [4.69, 9.17) is 11.6 Å². The first-order valence-corrected chi connectivity index (χ1v) is 21.2. The number of amides is 1. The Hall–Kier alpha value is -5.58. The van der Waals surface area contributed by atoms with Gasteiger partial charge in [-0.2, -0.15) is 24.2 Å². The highest BCUT2D eigenvalue weighted by atomic mass is 35.5. The van der Waals surface area contributed by atoms with Gasteiger partial charge in [0.05, 0.1) is 39.3 Å². The van der Waals surface area contributed by atoms with Gasteiger partial charge in [0.15, 0.2) is 11.5 Å². The number of rotatable bonds is 11. The molecular formula is C36H28ClF6N10O4PS. The number of pyridine rings is 1. The minimum atomic E-state index is -3.91. The Balaban J connectivity index is 1.35. The Bertz CT molecular complexity index is 2970. The molecule has 6 aromatic rings. The second-order valence-corrected chi connectivity index (χ2v) is 17.5. The van der Waals surface area contributed by atoms with E-state index in [0.29, 0.717) is 10.7 Å². The van der Waals surface area contributed by atoms with Crippen molar-refractivity contribution in [3.63, 3.8) is 0 Å². The normalized spacial score (nSPS) is 17.5. The zero-order valence-corrected chi connectivity index (χ0v) is 33.3. The van der Waals surface area contributed by atoms with Crippen molar-refractivity contribution in [1.82, 2.24) is 39.4 Å². The van der Waals surface area contributed by atoms with Crippen LogP contribution in [0.25, 0.3) is 27.6 Å². The molecule has 0 radical (unpaired) electrons. The molecule has 0 spiro atoms. The highest BCUT2D eigenvalue weighted by Gasteiger charge is 2.67. The van der Waals surface area contributed by atoms with Gasteiger partial charge in [0.25, 0.3) is 17.9 Å². The first-order chi connectivity index (χ1) is 27.8. The number of halogens is 7. The second-order valence-electron chi connectivity index (χ2n) is 14.1. The van der Waals surface area contributed by atoms with Crippen molar-refractivity contribution in [3.05, 3.63) is 104 Å². The molecule has 306 valence electrons. The number of benzene rings is 2. The van der Waals surface area contributed by atoms with Gasteiger partial charge in [0.2, 0.25) is 15.9 Å². The first-order valence-electron chi connectivity index (χ1n) is 17.5. The van der Waals surface area contributed by atoms with E-state index in [0.717, 1.165) is 27.0 Å². The largest absolute Gasteiger partial charge is 0.344 e. The molecule has 2 aliphatic carbocycles. The minimum Gasteiger partial charge on any atom is -0.344 e. The van der Waals surface area contributed by atoms with Gasteiger partial charge < -0.3 is 5.32 Å². The van der Waals surface area contributed by atoms with E-state index < -0.39 is 87.7 Å². The van der Waals surface area contributed by atoms with Gasteiger partial charge in [-0.1, -0.05) is 11.6 Å². The quantitative estimate of drug-likeness (QED) is 0.123. The predicted octanol–water partition coefficient (Wildman–Crippen LogP) is 5.90. The number of carbonyl (C=O) groups is 1. The van der Waals surface area contributed by atoms with Crippen LogP contribution < -0.4 is 15.0 Å². The van der Waals surface area contributed by atoms with Gasteiger partial charge in [-0.3, -0.25) is 23.5 Å². The molecule has 0 bridgehead atoms. The van der Waals surface area contributed by atoms with Crippen molar-refractivity contribution in [1.29, 1.82) is 5.26 Å². The smallest absolute Gasteiger partial charge is 0.293 e. The standard InChI is InChI=1S/C36H28ClF6N10O4PS/c1-50-29-24(7-6-22(37)27(29)34(49-50)53(58-2)59(3,56)57)52-33(47-32-19(35(52)55)5-4-18(13-44)45-32)23(10-15-8-16(38)11-17(39)9-15)46-25(54)14-51-30-26(28(48-51)31(40)41)20-12-21(20)36(30,42)43/h4-9,11,20-21,23,31,58H,10,12,14H2,1-3H3,(H,46,54)/t20-,21+,23-/m0/s1. The fourth-order valence-electron chi connectivity index (χ4n) is 7.83. The number of alkyl halides is 4. The van der Waals surface area contributed by atoms with E-state index in [9.17, 15) is 40.8 Å². The molecule has 1 fully saturated rings. The van der Waals surface area contributed by atoms with Crippen LogP contribution >= 0.6 is 20.3 Å². The molecule has 59 heavy (non-hydrogen) atoms. The summed E-state index contributed by atoms with van der Waals surface area (Å²) >= 11 is 6.68. The molecule has 14 nitrogen and oxygen atoms in total. The summed E-state index contributed by atoms with van der Waals surface area (Å²) in [6.45, 7) is 0.581. The van der Waals surface area contributed by atoms with Crippen molar-refractivity contribution in [2.75, 3.05) is 17.0 Å². The Morgan fingerprint density at radius 2 is 1.85 bits per heavy atom. The van der Waals surface area contributed by atoms with Crippen molar-refractivity contribution >= 4 is 64.0 Å². The summed E-state index contributed by atoms with van der Waals surface area (Å²) in [6.07, 6.45) is -2.77. The average Bonchev–Trinajstić information content (AvgIpc) is 3.68. The van der Waals surface area contributed by atoms with Gasteiger partial charge in [0, 0.05) is 31.0 Å². The molecule has 1 unspecified atom stereocenters. The molecule has 1 amide bonds. The fraction of sp³-hybridized carbons (Fsp3) is 0.306. The highest BCUT2D eigenvalue weighted by Crippen LogP contribution is 2.68. The van der Waals surface area contributed by atoms with Gasteiger partial charge in [-0.05, 0) is 69.7 Å². The number of fused-ring (bicyclic) bond motifs is 5. The van der Waals surface area contributed by atoms with Gasteiger partial charge >= 0.3 is 0 Å². The summed E-state index contributed by atoms with van der Waals surface area (Å²) < 4.78 is 118. The summed E-state index contributed by atoms with van der Waals surface area (Å²) in [7, 11) is -2.81. The molecule has 2 aliphatic rings. The number of sulfonamides is 1. The van der Waals surface area contributed by atoms with Crippen LogP contribution in [-0.2, 0) is 40.8 Å². The third kappa shape index (κ3) is 6.76. The van der Waals surface area contributed by atoms with Crippen molar-refractivity contribution in [3.8, 4) is 11.8 Å². The number of hydrogen-bond acceptors (Lipinski definition) is 9. The van der Waals surface area contributed by atoms with Crippen LogP contribution in [0.15, 0.2) is 47.3 Å². The van der Waals surface area contributed by atoms with Crippen molar-refractivity contribution < 1.29 is 39.6 Å². The van der Waals surface area contributed by atoms with E-state index in [2.05, 4.69) is 25.5 Å². The molecule has 1 N–H and O–H groups in total. The molecule has 4 aromatic heterocycles. The molecule has 23 heteroatoms. The second kappa shape index (κ2) is 14.3. The van der Waals surface area contributed by atoms with Crippen LogP contribution in [0.5, 0.6) is 0 Å². The Labute approximate surface area is 336 Å². The monoisotopic (exact) mass is 876 g/mol. The van der Waals surface area contributed by atoms with Crippen molar-refractivity contribution in [2.45, 2.75) is 43.7 Å². The Morgan fingerprint density at radius 1 is 1.14 bits per heavy atom. The lowest BCUT2D eigenvalue weighted by atomic mass is 10.0. The van der Waals surface area contributed by atoms with Gasteiger partial charge in [0.1, 0.15) is 47.2 Å². The molecule has 0 saturated heterocycles. The zero-order chi connectivity index (χ0) is 42.5. The van der Waals surface area contributed by atoms with Crippen LogP contribution in [0.4, 0.5) is 32.2 Å². The van der Waals surface area contributed by atoms with E-state index in [1.165, 1.54) is 36.0 Å². The van der Waals surface area contributed by atoms with E-state index in [1.807, 2.05) is 6.07 Å². The van der Waals surface area contributed by atoms with Gasteiger partial charge in [-0.15, -0.1) is 0 Å². The number of aromatic nitrogens is 7. The summed E-state index contributed by atoms with van der Waals surface area (Å²) in [5.41, 5.74) is -3.28. The predicted molar refractivity (Wildman–Crippen MR) is 204 cm³/mol. The molecule has 0 aliphatic heterocycles. The number of nitrogens with zero attached hydrogens (tertiary/aromatic N) is 9. The summed E-state index contributed by atoms with van der Waals surface area (Å²) in [4.78, 5) is 37.5. The lowest BCUT2D eigenvalue weighted by Gasteiger charge is -2.24. The number of anilines is 1. The lowest BCUT2D eigenvalue weighted by molar-refractivity contribution is -0.123. The number of nitrogens with one attached hydrogen (secondary N) is 1. The number of nitriles is 1. The van der Waals surface area contributed by atoms with Crippen LogP contribution in [-0.4, -0.2) is 61.3 Å². The van der Waals surface area contributed by atoms with Gasteiger partial charge in [-0.25, -0.2) is 40.0 Å². The molecular weight excluding hydrogens is 849 g/mol. The number of hydrogen-bond donors (Lipinski definition) is 1. The van der Waals surface area contributed by atoms with Crippen LogP contribution in [0, 0.1) is 28.9 Å². The molecule has 8 rings (SSSR count). The molecule has 2 aromatic carbocycles. The Kier molecular flexibility index (Phi) is 9.75. The summed E-state index contributed by atoms with van der Waals surface area (Å²) in [5.74, 6) is -9.16. The number of carbonyl (C=O) groups excluding carboxylic acids is 1.